The monoisotopic (exact) mass is 216 g/mol. The van der Waals surface area contributed by atoms with Crippen molar-refractivity contribution in [1.29, 1.82) is 0 Å². The van der Waals surface area contributed by atoms with E-state index in [1.807, 2.05) is 11.8 Å². The van der Waals surface area contributed by atoms with Crippen molar-refractivity contribution in [3.05, 3.63) is 0 Å². The first kappa shape index (κ1) is 11.9. The molecule has 1 aliphatic carbocycles. The topological polar surface area (TPSA) is 55.1 Å². The zero-order chi connectivity index (χ0) is 10.6. The third-order valence-corrected chi connectivity index (χ3v) is 3.90. The summed E-state index contributed by atoms with van der Waals surface area (Å²) >= 11 is 1.95. The van der Waals surface area contributed by atoms with E-state index in [9.17, 15) is 4.79 Å². The Balaban J connectivity index is 2.39. The number of carbonyl (C=O) groups excluding carboxylic acids is 1. The minimum absolute atomic E-state index is 0.0152. The van der Waals surface area contributed by atoms with Crippen LogP contribution >= 0.6 is 11.8 Å². The van der Waals surface area contributed by atoms with Gasteiger partial charge in [0.25, 0.3) is 0 Å². The largest absolute Gasteiger partial charge is 0.351 e. The van der Waals surface area contributed by atoms with Crippen molar-refractivity contribution in [2.24, 2.45) is 5.73 Å². The fourth-order valence-electron chi connectivity index (χ4n) is 1.82. The molecular weight excluding hydrogens is 196 g/mol. The molecule has 0 aromatic carbocycles. The van der Waals surface area contributed by atoms with Gasteiger partial charge in [0, 0.05) is 11.3 Å². The lowest BCUT2D eigenvalue weighted by molar-refractivity contribution is -0.122. The first-order chi connectivity index (χ1) is 6.65. The Bertz CT molecular complexity index is 197. The predicted octanol–water partition coefficient (Wildman–Crippen LogP) is 1.12. The van der Waals surface area contributed by atoms with Crippen molar-refractivity contribution in [3.8, 4) is 0 Å². The Morgan fingerprint density at radius 1 is 1.64 bits per heavy atom. The van der Waals surface area contributed by atoms with Gasteiger partial charge < -0.3 is 11.1 Å². The highest BCUT2D eigenvalue weighted by Gasteiger charge is 2.28. The number of rotatable bonds is 4. The quantitative estimate of drug-likeness (QED) is 0.740. The number of carbonyl (C=O) groups is 1. The zero-order valence-corrected chi connectivity index (χ0v) is 9.77. The van der Waals surface area contributed by atoms with Crippen molar-refractivity contribution in [2.75, 3.05) is 5.75 Å². The van der Waals surface area contributed by atoms with E-state index in [2.05, 4.69) is 12.2 Å². The molecule has 1 fully saturated rings. The number of hydrogen-bond acceptors (Lipinski definition) is 3. The standard InChI is InChI=1S/C10H20N2OS/c1-3-14-9-6-4-5-8(9)12-10(13)7(2)11/h7-9H,3-6,11H2,1-2H3,(H,12,13)/t7-,8?,9?/m1/s1. The lowest BCUT2D eigenvalue weighted by Crippen LogP contribution is -2.46. The van der Waals surface area contributed by atoms with Gasteiger partial charge >= 0.3 is 0 Å². The molecule has 3 N–H and O–H groups in total. The third kappa shape index (κ3) is 3.17. The molecule has 0 aromatic heterocycles. The Labute approximate surface area is 90.2 Å². The molecular formula is C10H20N2OS. The molecule has 14 heavy (non-hydrogen) atoms. The van der Waals surface area contributed by atoms with Gasteiger partial charge in [-0.15, -0.1) is 0 Å². The van der Waals surface area contributed by atoms with Crippen LogP contribution in [0.2, 0.25) is 0 Å². The minimum Gasteiger partial charge on any atom is -0.351 e. The van der Waals surface area contributed by atoms with Crippen LogP contribution in [0.1, 0.15) is 33.1 Å². The van der Waals surface area contributed by atoms with Gasteiger partial charge in [0.1, 0.15) is 0 Å². The summed E-state index contributed by atoms with van der Waals surface area (Å²) in [5.74, 6) is 1.11. The van der Waals surface area contributed by atoms with Gasteiger partial charge in [0.2, 0.25) is 5.91 Å². The number of nitrogens with two attached hydrogens (primary N) is 1. The second-order valence-corrected chi connectivity index (χ2v) is 5.34. The molecule has 0 radical (unpaired) electrons. The van der Waals surface area contributed by atoms with E-state index in [1.165, 1.54) is 12.8 Å². The summed E-state index contributed by atoms with van der Waals surface area (Å²) in [6.45, 7) is 3.89. The van der Waals surface area contributed by atoms with E-state index in [0.29, 0.717) is 11.3 Å². The van der Waals surface area contributed by atoms with Gasteiger partial charge in [-0.2, -0.15) is 11.8 Å². The van der Waals surface area contributed by atoms with E-state index >= 15 is 0 Å². The lowest BCUT2D eigenvalue weighted by Gasteiger charge is -2.21. The second-order valence-electron chi connectivity index (χ2n) is 3.83. The molecule has 82 valence electrons. The third-order valence-electron chi connectivity index (χ3n) is 2.57. The maximum absolute atomic E-state index is 11.4. The van der Waals surface area contributed by atoms with Gasteiger partial charge in [-0.25, -0.2) is 0 Å². The zero-order valence-electron chi connectivity index (χ0n) is 8.95. The average molecular weight is 216 g/mol. The molecule has 0 aliphatic heterocycles. The molecule has 0 saturated heterocycles. The fourth-order valence-corrected chi connectivity index (χ4v) is 3.02. The summed E-state index contributed by atoms with van der Waals surface area (Å²) in [7, 11) is 0. The van der Waals surface area contributed by atoms with E-state index < -0.39 is 0 Å². The Kier molecular flexibility index (Phi) is 4.75. The molecule has 0 spiro atoms. The van der Waals surface area contributed by atoms with Crippen molar-refractivity contribution >= 4 is 17.7 Å². The van der Waals surface area contributed by atoms with Crippen molar-refractivity contribution in [1.82, 2.24) is 5.32 Å². The van der Waals surface area contributed by atoms with E-state index in [0.717, 1.165) is 12.2 Å². The highest BCUT2D eigenvalue weighted by molar-refractivity contribution is 7.99. The van der Waals surface area contributed by atoms with Crippen molar-refractivity contribution in [3.63, 3.8) is 0 Å². The maximum atomic E-state index is 11.4. The van der Waals surface area contributed by atoms with Crippen LogP contribution in [0.15, 0.2) is 0 Å². The molecule has 0 aromatic rings. The first-order valence-electron chi connectivity index (χ1n) is 5.32. The van der Waals surface area contributed by atoms with Crippen molar-refractivity contribution < 1.29 is 4.79 Å². The molecule has 0 heterocycles. The number of hydrogen-bond donors (Lipinski definition) is 2. The second kappa shape index (κ2) is 5.61. The molecule has 1 rings (SSSR count). The Morgan fingerprint density at radius 3 is 2.93 bits per heavy atom. The molecule has 1 saturated carbocycles. The fraction of sp³-hybridized carbons (Fsp3) is 0.900. The molecule has 3 atom stereocenters. The van der Waals surface area contributed by atoms with Crippen LogP contribution in [0.5, 0.6) is 0 Å². The highest BCUT2D eigenvalue weighted by Crippen LogP contribution is 2.29. The number of thioether (sulfide) groups is 1. The molecule has 1 amide bonds. The van der Waals surface area contributed by atoms with Gasteiger partial charge in [0.05, 0.1) is 6.04 Å². The summed E-state index contributed by atoms with van der Waals surface area (Å²) in [4.78, 5) is 11.4. The molecule has 3 nitrogen and oxygen atoms in total. The Morgan fingerprint density at radius 2 is 2.36 bits per heavy atom. The normalized spacial score (nSPS) is 28.8. The van der Waals surface area contributed by atoms with Crippen LogP contribution in [-0.4, -0.2) is 29.0 Å². The smallest absolute Gasteiger partial charge is 0.236 e. The average Bonchev–Trinajstić information content (AvgIpc) is 2.53. The summed E-state index contributed by atoms with van der Waals surface area (Å²) < 4.78 is 0. The van der Waals surface area contributed by atoms with Crippen molar-refractivity contribution in [2.45, 2.75) is 50.4 Å². The molecule has 4 heteroatoms. The molecule has 0 bridgehead atoms. The van der Waals surface area contributed by atoms with E-state index in [4.69, 9.17) is 5.73 Å². The summed E-state index contributed by atoms with van der Waals surface area (Å²) in [6, 6.07) is -0.0404. The summed E-state index contributed by atoms with van der Waals surface area (Å²) in [5.41, 5.74) is 5.51. The van der Waals surface area contributed by atoms with Crippen LogP contribution in [0.25, 0.3) is 0 Å². The van der Waals surface area contributed by atoms with Crippen LogP contribution < -0.4 is 11.1 Å². The number of amides is 1. The van der Waals surface area contributed by atoms with E-state index in [1.54, 1.807) is 6.92 Å². The van der Waals surface area contributed by atoms with Gasteiger partial charge in [-0.05, 0) is 25.5 Å². The van der Waals surface area contributed by atoms with E-state index in [-0.39, 0.29) is 11.9 Å². The van der Waals surface area contributed by atoms with Gasteiger partial charge in [-0.1, -0.05) is 13.3 Å². The molecule has 1 aliphatic rings. The predicted molar refractivity (Wildman–Crippen MR) is 61.4 cm³/mol. The van der Waals surface area contributed by atoms with Gasteiger partial charge in [0.15, 0.2) is 0 Å². The minimum atomic E-state index is -0.386. The Hall–Kier alpha value is -0.220. The van der Waals surface area contributed by atoms with Crippen LogP contribution in [0, 0.1) is 0 Å². The molecule has 2 unspecified atom stereocenters. The maximum Gasteiger partial charge on any atom is 0.236 e. The SMILES string of the molecule is CCSC1CCCC1NC(=O)[C@@H](C)N. The number of nitrogens with one attached hydrogen (secondary N) is 1. The lowest BCUT2D eigenvalue weighted by atomic mass is 10.2. The van der Waals surface area contributed by atoms with Crippen LogP contribution in [-0.2, 0) is 4.79 Å². The summed E-state index contributed by atoms with van der Waals surface area (Å²) in [6.07, 6.45) is 3.56. The van der Waals surface area contributed by atoms with Crippen LogP contribution in [0.4, 0.5) is 0 Å². The summed E-state index contributed by atoms with van der Waals surface area (Å²) in [5, 5.41) is 3.63. The van der Waals surface area contributed by atoms with Gasteiger partial charge in [-0.3, -0.25) is 4.79 Å². The highest BCUT2D eigenvalue weighted by atomic mass is 32.2. The van der Waals surface area contributed by atoms with Crippen LogP contribution in [0.3, 0.4) is 0 Å². The first-order valence-corrected chi connectivity index (χ1v) is 6.37.